The zero-order chi connectivity index (χ0) is 15.2. The third kappa shape index (κ3) is 5.50. The van der Waals surface area contributed by atoms with Crippen LogP contribution in [0.2, 0.25) is 0 Å². The van der Waals surface area contributed by atoms with Gasteiger partial charge in [0.05, 0.1) is 25.4 Å². The molecule has 0 radical (unpaired) electrons. The van der Waals surface area contributed by atoms with Crippen LogP contribution in [0.15, 0.2) is 0 Å². The summed E-state index contributed by atoms with van der Waals surface area (Å²) in [5.74, 6) is -0.435. The molecular weight excluding hydrogens is 287 g/mol. The van der Waals surface area contributed by atoms with E-state index in [0.29, 0.717) is 12.8 Å². The molecule has 0 aromatic heterocycles. The Morgan fingerprint density at radius 3 is 2.25 bits per heavy atom. The maximum atomic E-state index is 12.2. The van der Waals surface area contributed by atoms with Gasteiger partial charge < -0.3 is 23.6 Å². The lowest BCUT2D eigenvalue weighted by Crippen LogP contribution is -2.28. The van der Waals surface area contributed by atoms with Crippen molar-refractivity contribution < 1.29 is 33.0 Å². The lowest BCUT2D eigenvalue weighted by Gasteiger charge is -2.22. The van der Waals surface area contributed by atoms with Crippen molar-refractivity contribution >= 4 is 13.6 Å². The number of rotatable bonds is 8. The molecule has 20 heavy (non-hydrogen) atoms. The van der Waals surface area contributed by atoms with Gasteiger partial charge in [-0.1, -0.05) is 0 Å². The normalized spacial score (nSPS) is 26.7. The predicted molar refractivity (Wildman–Crippen MR) is 71.4 cm³/mol. The molecule has 0 aromatic rings. The van der Waals surface area contributed by atoms with E-state index in [1.165, 1.54) is 6.92 Å². The Labute approximate surface area is 119 Å². The number of carbonyl (C=O) groups is 1. The van der Waals surface area contributed by atoms with E-state index >= 15 is 0 Å². The van der Waals surface area contributed by atoms with Crippen LogP contribution in [-0.2, 0) is 27.9 Å². The summed E-state index contributed by atoms with van der Waals surface area (Å²) < 4.78 is 33.1. The predicted octanol–water partition coefficient (Wildman–Crippen LogP) is 1.68. The van der Waals surface area contributed by atoms with Crippen LogP contribution in [0.5, 0.6) is 0 Å². The number of hydrogen-bond acceptors (Lipinski definition) is 7. The summed E-state index contributed by atoms with van der Waals surface area (Å²) in [7, 11) is -3.30. The Kier molecular flexibility index (Phi) is 7.12. The van der Waals surface area contributed by atoms with E-state index in [1.54, 1.807) is 13.8 Å². The second kappa shape index (κ2) is 8.10. The first-order valence-corrected chi connectivity index (χ1v) is 8.48. The van der Waals surface area contributed by atoms with Crippen molar-refractivity contribution in [2.75, 3.05) is 19.6 Å². The van der Waals surface area contributed by atoms with Crippen LogP contribution in [0.3, 0.4) is 0 Å². The first-order chi connectivity index (χ1) is 9.40. The highest BCUT2D eigenvalue weighted by atomic mass is 31.2. The van der Waals surface area contributed by atoms with Gasteiger partial charge in [-0.05, 0) is 13.8 Å². The molecular formula is C12H23O7P. The van der Waals surface area contributed by atoms with E-state index in [1.807, 2.05) is 0 Å². The van der Waals surface area contributed by atoms with Gasteiger partial charge in [-0.25, -0.2) is 0 Å². The van der Waals surface area contributed by atoms with Gasteiger partial charge in [-0.15, -0.1) is 0 Å². The largest absolute Gasteiger partial charge is 0.460 e. The molecule has 0 aromatic carbocycles. The van der Waals surface area contributed by atoms with Gasteiger partial charge in [0.1, 0.15) is 12.5 Å². The second-order valence-electron chi connectivity index (χ2n) is 4.55. The lowest BCUT2D eigenvalue weighted by atomic mass is 10.2. The van der Waals surface area contributed by atoms with E-state index in [9.17, 15) is 14.5 Å². The summed E-state index contributed by atoms with van der Waals surface area (Å²) in [4.78, 5) is 11.0. The molecule has 1 saturated carbocycles. The molecule has 118 valence electrons. The molecule has 0 spiro atoms. The Hall–Kier alpha value is -0.460. The Balaban J connectivity index is 2.56. The minimum atomic E-state index is -3.30. The fourth-order valence-corrected chi connectivity index (χ4v) is 3.53. The smallest absolute Gasteiger partial charge is 0.356 e. The molecule has 7 nitrogen and oxygen atoms in total. The minimum absolute atomic E-state index is 0.218. The van der Waals surface area contributed by atoms with Gasteiger partial charge in [0, 0.05) is 19.8 Å². The number of esters is 1. The first-order valence-electron chi connectivity index (χ1n) is 6.75. The van der Waals surface area contributed by atoms with Crippen LogP contribution < -0.4 is 0 Å². The Morgan fingerprint density at radius 1 is 1.20 bits per heavy atom. The van der Waals surface area contributed by atoms with Crippen molar-refractivity contribution in [2.45, 2.75) is 51.9 Å². The minimum Gasteiger partial charge on any atom is -0.460 e. The van der Waals surface area contributed by atoms with Crippen molar-refractivity contribution in [1.29, 1.82) is 0 Å². The van der Waals surface area contributed by atoms with E-state index in [4.69, 9.17) is 18.5 Å². The fourth-order valence-electron chi connectivity index (χ4n) is 2.14. The standard InChI is InChI=1S/C12H23O7P/c1-4-17-20(15,18-5-2)8-16-11-6-10(14)7-12(11)19-9(3)13/h10-12,14H,4-8H2,1-3H3/t10-,11-,12-/m1/s1. The highest BCUT2D eigenvalue weighted by Gasteiger charge is 2.38. The maximum absolute atomic E-state index is 12.2. The monoisotopic (exact) mass is 310 g/mol. The molecule has 0 saturated heterocycles. The molecule has 1 aliphatic rings. The van der Waals surface area contributed by atoms with Crippen LogP contribution in [-0.4, -0.2) is 48.9 Å². The van der Waals surface area contributed by atoms with Gasteiger partial charge in [-0.3, -0.25) is 9.36 Å². The second-order valence-corrected chi connectivity index (χ2v) is 6.55. The summed E-state index contributed by atoms with van der Waals surface area (Å²) >= 11 is 0. The molecule has 3 atom stereocenters. The van der Waals surface area contributed by atoms with E-state index < -0.39 is 31.9 Å². The zero-order valence-electron chi connectivity index (χ0n) is 12.1. The van der Waals surface area contributed by atoms with Crippen molar-refractivity contribution in [3.05, 3.63) is 0 Å². The SMILES string of the molecule is CCOP(=O)(CO[C@@H]1C[C@@H](O)C[C@H]1OC(C)=O)OCC. The molecule has 1 N–H and O–H groups in total. The fraction of sp³-hybridized carbons (Fsp3) is 0.917. The average Bonchev–Trinajstić information content (AvgIpc) is 2.67. The van der Waals surface area contributed by atoms with Gasteiger partial charge in [0.15, 0.2) is 0 Å². The molecule has 0 heterocycles. The third-order valence-electron chi connectivity index (χ3n) is 2.84. The Bertz CT molecular complexity index is 350. The topological polar surface area (TPSA) is 91.3 Å². The van der Waals surface area contributed by atoms with Gasteiger partial charge in [0.2, 0.25) is 0 Å². The Morgan fingerprint density at radius 2 is 1.75 bits per heavy atom. The van der Waals surface area contributed by atoms with Gasteiger partial charge in [0.25, 0.3) is 0 Å². The summed E-state index contributed by atoms with van der Waals surface area (Å²) in [6.07, 6.45) is -1.19. The highest BCUT2D eigenvalue weighted by Crippen LogP contribution is 2.48. The molecule has 1 rings (SSSR count). The van der Waals surface area contributed by atoms with Crippen LogP contribution in [0.1, 0.15) is 33.6 Å². The van der Waals surface area contributed by atoms with Crippen molar-refractivity contribution in [2.24, 2.45) is 0 Å². The third-order valence-corrected chi connectivity index (χ3v) is 4.61. The average molecular weight is 310 g/mol. The van der Waals surface area contributed by atoms with Gasteiger partial charge >= 0.3 is 13.6 Å². The zero-order valence-corrected chi connectivity index (χ0v) is 13.0. The summed E-state index contributed by atoms with van der Waals surface area (Å²) in [6, 6.07) is 0. The molecule has 0 aliphatic heterocycles. The quantitative estimate of drug-likeness (QED) is 0.538. The number of aliphatic hydroxyl groups excluding tert-OH is 1. The van der Waals surface area contributed by atoms with Crippen molar-refractivity contribution in [3.63, 3.8) is 0 Å². The first kappa shape index (κ1) is 17.6. The number of carbonyl (C=O) groups excluding carboxylic acids is 1. The van der Waals surface area contributed by atoms with Crippen molar-refractivity contribution in [3.8, 4) is 0 Å². The van der Waals surface area contributed by atoms with Crippen LogP contribution in [0, 0.1) is 0 Å². The molecule has 1 aliphatic carbocycles. The molecule has 0 bridgehead atoms. The molecule has 1 fully saturated rings. The molecule has 8 heteroatoms. The number of ether oxygens (including phenoxy) is 2. The molecule has 0 amide bonds. The maximum Gasteiger partial charge on any atom is 0.356 e. The van der Waals surface area contributed by atoms with Gasteiger partial charge in [-0.2, -0.15) is 0 Å². The van der Waals surface area contributed by atoms with Crippen LogP contribution >= 0.6 is 7.60 Å². The van der Waals surface area contributed by atoms with E-state index in [2.05, 4.69) is 0 Å². The lowest BCUT2D eigenvalue weighted by molar-refractivity contribution is -0.152. The van der Waals surface area contributed by atoms with E-state index in [0.717, 1.165) is 0 Å². The highest BCUT2D eigenvalue weighted by molar-refractivity contribution is 7.53. The number of hydrogen-bond donors (Lipinski definition) is 1. The summed E-state index contributed by atoms with van der Waals surface area (Å²) in [6.45, 7) is 5.23. The number of aliphatic hydroxyl groups is 1. The molecule has 0 unspecified atom stereocenters. The summed E-state index contributed by atoms with van der Waals surface area (Å²) in [5, 5.41) is 9.62. The van der Waals surface area contributed by atoms with Crippen molar-refractivity contribution in [1.82, 2.24) is 0 Å². The van der Waals surface area contributed by atoms with E-state index in [-0.39, 0.29) is 19.6 Å². The van der Waals surface area contributed by atoms with Crippen LogP contribution in [0.4, 0.5) is 0 Å². The van der Waals surface area contributed by atoms with Crippen LogP contribution in [0.25, 0.3) is 0 Å². The summed E-state index contributed by atoms with van der Waals surface area (Å²) in [5.41, 5.74) is 0.